The van der Waals surface area contributed by atoms with Gasteiger partial charge < -0.3 is 10.2 Å². The molecule has 158 valence electrons. The van der Waals surface area contributed by atoms with Gasteiger partial charge in [0.05, 0.1) is 17.6 Å². The lowest BCUT2D eigenvalue weighted by Crippen LogP contribution is -2.30. The molecule has 0 aliphatic carbocycles. The Labute approximate surface area is 177 Å². The van der Waals surface area contributed by atoms with Crippen LogP contribution in [-0.2, 0) is 11.3 Å². The summed E-state index contributed by atoms with van der Waals surface area (Å²) in [5.74, 6) is 0.845. The largest absolute Gasteiger partial charge is 0.356 e. The minimum atomic E-state index is -0.0827. The van der Waals surface area contributed by atoms with E-state index in [1.54, 1.807) is 17.2 Å². The van der Waals surface area contributed by atoms with Crippen LogP contribution in [0.2, 0.25) is 0 Å². The Morgan fingerprint density at radius 3 is 2.60 bits per heavy atom. The first-order valence-corrected chi connectivity index (χ1v) is 10.8. The second-order valence-corrected chi connectivity index (χ2v) is 8.27. The molecule has 0 spiro atoms. The van der Waals surface area contributed by atoms with Gasteiger partial charge in [0, 0.05) is 13.1 Å². The van der Waals surface area contributed by atoms with Crippen LogP contribution in [0.3, 0.4) is 0 Å². The molecular weight excluding hydrogens is 376 g/mol. The zero-order valence-electron chi connectivity index (χ0n) is 18.1. The molecule has 1 amide bonds. The van der Waals surface area contributed by atoms with E-state index in [0.717, 1.165) is 29.9 Å². The third-order valence-electron chi connectivity index (χ3n) is 6.02. The number of aryl methyl sites for hydroxylation is 2. The fraction of sp³-hybridized carbons (Fsp3) is 0.478. The molecule has 0 bridgehead atoms. The number of carbonyl (C=O) groups is 1. The first-order valence-electron chi connectivity index (χ1n) is 10.8. The summed E-state index contributed by atoms with van der Waals surface area (Å²) < 4.78 is 1.67. The number of rotatable bonds is 5. The molecule has 1 aliphatic heterocycles. The molecular formula is C23H30N6O. The van der Waals surface area contributed by atoms with Crippen LogP contribution >= 0.6 is 0 Å². The summed E-state index contributed by atoms with van der Waals surface area (Å²) in [6, 6.07) is 6.22. The molecule has 0 unspecified atom stereocenters. The highest BCUT2D eigenvalue weighted by Crippen LogP contribution is 2.25. The molecule has 1 atom stereocenters. The molecule has 3 heterocycles. The van der Waals surface area contributed by atoms with Crippen LogP contribution < -0.4 is 10.2 Å². The Morgan fingerprint density at radius 1 is 1.10 bits per heavy atom. The maximum atomic E-state index is 12.7. The van der Waals surface area contributed by atoms with Gasteiger partial charge in [0.2, 0.25) is 5.91 Å². The predicted molar refractivity (Wildman–Crippen MR) is 118 cm³/mol. The van der Waals surface area contributed by atoms with Gasteiger partial charge in [0.1, 0.15) is 18.7 Å². The Balaban J connectivity index is 1.49. The average Bonchev–Trinajstić information content (AvgIpc) is 2.95. The number of aromatic nitrogens is 4. The predicted octanol–water partition coefficient (Wildman–Crippen LogP) is 3.70. The van der Waals surface area contributed by atoms with Crippen LogP contribution in [0.1, 0.15) is 55.3 Å². The topological polar surface area (TPSA) is 75.9 Å². The number of benzene rings is 1. The number of anilines is 1. The minimum absolute atomic E-state index is 0.0686. The first-order chi connectivity index (χ1) is 14.5. The Kier molecular flexibility index (Phi) is 5.97. The zero-order valence-corrected chi connectivity index (χ0v) is 18.1. The van der Waals surface area contributed by atoms with Crippen molar-refractivity contribution in [2.45, 2.75) is 59.0 Å². The highest BCUT2D eigenvalue weighted by Gasteiger charge is 2.18. The number of fused-ring (bicyclic) bond motifs is 1. The molecule has 1 aliphatic rings. The minimum Gasteiger partial charge on any atom is -0.356 e. The molecule has 1 aromatic carbocycles. The van der Waals surface area contributed by atoms with E-state index in [1.165, 1.54) is 36.8 Å². The van der Waals surface area contributed by atoms with Gasteiger partial charge in [-0.15, -0.1) is 0 Å². The van der Waals surface area contributed by atoms with E-state index >= 15 is 0 Å². The van der Waals surface area contributed by atoms with Crippen molar-refractivity contribution >= 4 is 22.8 Å². The standard InChI is InChI=1S/C23H30N6O/c1-16-8-9-19(12-17(16)2)18(3)27-21(30)14-29-23-20(13-26-29)22(24-15-25-23)28-10-6-4-5-7-11-28/h8-9,12-13,15,18H,4-7,10-11,14H2,1-3H3,(H,27,30)/t18-/m1/s1. The summed E-state index contributed by atoms with van der Waals surface area (Å²) in [4.78, 5) is 24.0. The second-order valence-electron chi connectivity index (χ2n) is 8.27. The van der Waals surface area contributed by atoms with Crippen LogP contribution in [0.15, 0.2) is 30.7 Å². The van der Waals surface area contributed by atoms with Crippen LogP contribution in [0.25, 0.3) is 11.0 Å². The lowest BCUT2D eigenvalue weighted by Gasteiger charge is -2.21. The number of nitrogens with one attached hydrogen (secondary N) is 1. The lowest BCUT2D eigenvalue weighted by molar-refractivity contribution is -0.122. The maximum absolute atomic E-state index is 12.7. The Bertz CT molecular complexity index is 1040. The molecule has 2 aromatic heterocycles. The highest BCUT2D eigenvalue weighted by atomic mass is 16.2. The van der Waals surface area contributed by atoms with E-state index in [1.807, 2.05) is 6.92 Å². The third-order valence-corrected chi connectivity index (χ3v) is 6.02. The van der Waals surface area contributed by atoms with Crippen molar-refractivity contribution in [1.82, 2.24) is 25.1 Å². The number of carbonyl (C=O) groups excluding carboxylic acids is 1. The van der Waals surface area contributed by atoms with Crippen molar-refractivity contribution in [2.24, 2.45) is 0 Å². The van der Waals surface area contributed by atoms with Gasteiger partial charge in [-0.05, 0) is 50.3 Å². The molecule has 7 heteroatoms. The van der Waals surface area contributed by atoms with E-state index in [9.17, 15) is 4.79 Å². The number of nitrogens with zero attached hydrogens (tertiary/aromatic N) is 5. The molecule has 1 saturated heterocycles. The van der Waals surface area contributed by atoms with Crippen molar-refractivity contribution in [3.63, 3.8) is 0 Å². The monoisotopic (exact) mass is 406 g/mol. The van der Waals surface area contributed by atoms with Gasteiger partial charge >= 0.3 is 0 Å². The molecule has 0 radical (unpaired) electrons. The fourth-order valence-electron chi connectivity index (χ4n) is 4.07. The smallest absolute Gasteiger partial charge is 0.242 e. The highest BCUT2D eigenvalue weighted by molar-refractivity contribution is 5.88. The summed E-state index contributed by atoms with van der Waals surface area (Å²) in [5, 5.41) is 8.44. The van der Waals surface area contributed by atoms with Gasteiger partial charge in [-0.2, -0.15) is 5.10 Å². The molecule has 3 aromatic rings. The molecule has 1 fully saturated rings. The molecule has 1 N–H and O–H groups in total. The first kappa shape index (κ1) is 20.3. The molecule has 30 heavy (non-hydrogen) atoms. The van der Waals surface area contributed by atoms with Crippen molar-refractivity contribution in [2.75, 3.05) is 18.0 Å². The van der Waals surface area contributed by atoms with E-state index in [0.29, 0.717) is 5.65 Å². The molecule has 4 rings (SSSR count). The van der Waals surface area contributed by atoms with Crippen molar-refractivity contribution in [3.8, 4) is 0 Å². The third kappa shape index (κ3) is 4.30. The average molecular weight is 407 g/mol. The van der Waals surface area contributed by atoms with Gasteiger partial charge in [-0.25, -0.2) is 14.6 Å². The lowest BCUT2D eigenvalue weighted by atomic mass is 10.0. The summed E-state index contributed by atoms with van der Waals surface area (Å²) >= 11 is 0. The normalized spacial score (nSPS) is 15.8. The van der Waals surface area contributed by atoms with E-state index in [4.69, 9.17) is 0 Å². The summed E-state index contributed by atoms with van der Waals surface area (Å²) in [6.07, 6.45) is 8.26. The van der Waals surface area contributed by atoms with Crippen molar-refractivity contribution in [3.05, 3.63) is 47.4 Å². The van der Waals surface area contributed by atoms with Crippen molar-refractivity contribution in [1.29, 1.82) is 0 Å². The van der Waals surface area contributed by atoms with Crippen molar-refractivity contribution < 1.29 is 4.79 Å². The second kappa shape index (κ2) is 8.81. The Hall–Kier alpha value is -2.96. The van der Waals surface area contributed by atoms with Crippen LogP contribution in [0.5, 0.6) is 0 Å². The molecule has 0 saturated carbocycles. The zero-order chi connectivity index (χ0) is 21.1. The van der Waals surface area contributed by atoms with Crippen LogP contribution in [-0.4, -0.2) is 38.7 Å². The summed E-state index contributed by atoms with van der Waals surface area (Å²) in [6.45, 7) is 8.33. The van der Waals surface area contributed by atoms with Gasteiger partial charge in [0.15, 0.2) is 5.65 Å². The number of hydrogen-bond donors (Lipinski definition) is 1. The number of hydrogen-bond acceptors (Lipinski definition) is 5. The Morgan fingerprint density at radius 2 is 1.87 bits per heavy atom. The fourth-order valence-corrected chi connectivity index (χ4v) is 4.07. The summed E-state index contributed by atoms with van der Waals surface area (Å²) in [5.41, 5.74) is 4.28. The summed E-state index contributed by atoms with van der Waals surface area (Å²) in [7, 11) is 0. The van der Waals surface area contributed by atoms with E-state index in [-0.39, 0.29) is 18.5 Å². The SMILES string of the molecule is Cc1ccc([C@@H](C)NC(=O)Cn2ncc3c(N4CCCCCC4)ncnc32)cc1C. The number of amides is 1. The van der Waals surface area contributed by atoms with E-state index < -0.39 is 0 Å². The van der Waals surface area contributed by atoms with Crippen LogP contribution in [0, 0.1) is 13.8 Å². The van der Waals surface area contributed by atoms with Gasteiger partial charge in [0.25, 0.3) is 0 Å². The molecule has 7 nitrogen and oxygen atoms in total. The quantitative estimate of drug-likeness (QED) is 0.699. The van der Waals surface area contributed by atoms with Gasteiger partial charge in [-0.1, -0.05) is 31.0 Å². The van der Waals surface area contributed by atoms with E-state index in [2.05, 4.69) is 57.3 Å². The maximum Gasteiger partial charge on any atom is 0.242 e. The van der Waals surface area contributed by atoms with Crippen LogP contribution in [0.4, 0.5) is 5.82 Å². The van der Waals surface area contributed by atoms with Gasteiger partial charge in [-0.3, -0.25) is 4.79 Å².